The minimum Gasteiger partial charge on any atom is -0.550 e. The predicted octanol–water partition coefficient (Wildman–Crippen LogP) is -1.30. The van der Waals surface area contributed by atoms with Crippen molar-refractivity contribution >= 4 is 16.7 Å². The molecule has 0 unspecified atom stereocenters. The Hall–Kier alpha value is -0.830. The van der Waals surface area contributed by atoms with Crippen molar-refractivity contribution < 1.29 is 39.5 Å². The van der Waals surface area contributed by atoms with Crippen molar-refractivity contribution in [3.8, 4) is 0 Å². The average Bonchev–Trinajstić information content (AvgIpc) is 2.27. The van der Waals surface area contributed by atoms with Crippen molar-refractivity contribution in [3.05, 3.63) is 48.0 Å². The maximum atomic E-state index is 10.7. The van der Waals surface area contributed by atoms with Gasteiger partial charge >= 0.3 is 29.6 Å². The molecule has 0 aliphatic rings. The monoisotopic (exact) mass is 222 g/mol. The van der Waals surface area contributed by atoms with Crippen LogP contribution in [-0.4, -0.2) is 5.97 Å². The zero-order chi connectivity index (χ0) is 10.8. The van der Waals surface area contributed by atoms with Crippen LogP contribution in [0.25, 0.3) is 10.8 Å². The van der Waals surface area contributed by atoms with Crippen LogP contribution in [0.4, 0.5) is 0 Å². The van der Waals surface area contributed by atoms with Gasteiger partial charge in [-0.2, -0.15) is 0 Å². The summed E-state index contributed by atoms with van der Waals surface area (Å²) in [4.78, 5) is 10.7. The first-order valence-corrected chi connectivity index (χ1v) is 4.88. The van der Waals surface area contributed by atoms with Crippen LogP contribution in [0.15, 0.2) is 42.5 Å². The molecule has 76 valence electrons. The van der Waals surface area contributed by atoms with Crippen LogP contribution in [0.3, 0.4) is 0 Å². The summed E-state index contributed by atoms with van der Waals surface area (Å²) in [5.41, 5.74) is 0.786. The number of benzene rings is 2. The molecule has 0 saturated carbocycles. The van der Waals surface area contributed by atoms with E-state index in [9.17, 15) is 9.90 Å². The fraction of sp³-hybridized carbons (Fsp3) is 0.154. The molecule has 1 atom stereocenters. The molecule has 0 fully saturated rings. The SMILES string of the molecule is C[C@H](C(=O)[O-])c1ccc2ccccc2c1.[Na+]. The maximum absolute atomic E-state index is 10.7. The van der Waals surface area contributed by atoms with Crippen LogP contribution in [0.1, 0.15) is 18.4 Å². The third kappa shape index (κ3) is 2.64. The van der Waals surface area contributed by atoms with Gasteiger partial charge in [-0.1, -0.05) is 49.4 Å². The van der Waals surface area contributed by atoms with Gasteiger partial charge in [-0.15, -0.1) is 0 Å². The second-order valence-electron chi connectivity index (χ2n) is 3.65. The first kappa shape index (κ1) is 13.2. The molecule has 2 aromatic rings. The number of rotatable bonds is 2. The number of carboxylic acid groups (broad SMARTS) is 1. The third-order valence-electron chi connectivity index (χ3n) is 2.63. The molecule has 2 nitrogen and oxygen atoms in total. The van der Waals surface area contributed by atoms with E-state index in [4.69, 9.17) is 0 Å². The fourth-order valence-electron chi connectivity index (χ4n) is 1.61. The van der Waals surface area contributed by atoms with Crippen molar-refractivity contribution in [2.45, 2.75) is 12.8 Å². The van der Waals surface area contributed by atoms with E-state index in [2.05, 4.69) is 0 Å². The molecule has 16 heavy (non-hydrogen) atoms. The smallest absolute Gasteiger partial charge is 0.550 e. The van der Waals surface area contributed by atoms with Crippen LogP contribution in [-0.2, 0) is 4.79 Å². The Balaban J connectivity index is 0.00000128. The molecular weight excluding hydrogens is 211 g/mol. The Kier molecular flexibility index (Phi) is 4.54. The number of aliphatic carboxylic acids is 1. The molecule has 0 aromatic heterocycles. The number of carboxylic acids is 1. The van der Waals surface area contributed by atoms with E-state index in [-0.39, 0.29) is 29.6 Å². The summed E-state index contributed by atoms with van der Waals surface area (Å²) < 4.78 is 0. The van der Waals surface area contributed by atoms with Gasteiger partial charge in [-0.3, -0.25) is 0 Å². The molecule has 0 amide bonds. The molecular formula is C13H11NaO2. The standard InChI is InChI=1S/C13H12O2.Na/c1-9(13(14)15)11-7-6-10-4-2-3-5-12(10)8-11;/h2-9H,1H3,(H,14,15);/q;+1/p-1/t9-;/m0./s1. The first-order chi connectivity index (χ1) is 7.18. The van der Waals surface area contributed by atoms with E-state index in [0.29, 0.717) is 0 Å². The van der Waals surface area contributed by atoms with Crippen LogP contribution < -0.4 is 34.7 Å². The van der Waals surface area contributed by atoms with Gasteiger partial charge in [0.1, 0.15) is 0 Å². The fourth-order valence-corrected chi connectivity index (χ4v) is 1.61. The van der Waals surface area contributed by atoms with Gasteiger partial charge < -0.3 is 9.90 Å². The van der Waals surface area contributed by atoms with Gasteiger partial charge in [0.25, 0.3) is 0 Å². The molecule has 0 spiro atoms. The Bertz CT molecular complexity index is 508. The second-order valence-corrected chi connectivity index (χ2v) is 3.65. The molecule has 3 heteroatoms. The number of carbonyl (C=O) groups is 1. The van der Waals surface area contributed by atoms with E-state index < -0.39 is 11.9 Å². The van der Waals surface area contributed by atoms with Crippen LogP contribution >= 0.6 is 0 Å². The van der Waals surface area contributed by atoms with E-state index in [0.717, 1.165) is 16.3 Å². The Labute approximate surface area is 117 Å². The molecule has 0 N–H and O–H groups in total. The maximum Gasteiger partial charge on any atom is 1.00 e. The summed E-state index contributed by atoms with van der Waals surface area (Å²) in [6.07, 6.45) is 0. The van der Waals surface area contributed by atoms with Crippen molar-refractivity contribution in [1.29, 1.82) is 0 Å². The quantitative estimate of drug-likeness (QED) is 0.592. The average molecular weight is 222 g/mol. The summed E-state index contributed by atoms with van der Waals surface area (Å²) in [6, 6.07) is 13.5. The minimum atomic E-state index is -1.04. The summed E-state index contributed by atoms with van der Waals surface area (Å²) in [6.45, 7) is 1.64. The van der Waals surface area contributed by atoms with Crippen molar-refractivity contribution in [2.75, 3.05) is 0 Å². The summed E-state index contributed by atoms with van der Waals surface area (Å²) in [7, 11) is 0. The molecule has 0 aliphatic heterocycles. The van der Waals surface area contributed by atoms with Crippen molar-refractivity contribution in [1.82, 2.24) is 0 Å². The summed E-state index contributed by atoms with van der Waals surface area (Å²) in [5, 5.41) is 12.9. The molecule has 0 radical (unpaired) electrons. The number of hydrogen-bond acceptors (Lipinski definition) is 2. The van der Waals surface area contributed by atoms with Crippen molar-refractivity contribution in [2.24, 2.45) is 0 Å². The van der Waals surface area contributed by atoms with Crippen molar-refractivity contribution in [3.63, 3.8) is 0 Å². The zero-order valence-electron chi connectivity index (χ0n) is 9.44. The minimum absolute atomic E-state index is 0. The normalized spacial score (nSPS) is 11.8. The van der Waals surface area contributed by atoms with Gasteiger partial charge in [0.2, 0.25) is 0 Å². The molecule has 0 bridgehead atoms. The van der Waals surface area contributed by atoms with Gasteiger partial charge in [-0.25, -0.2) is 0 Å². The molecule has 0 heterocycles. The third-order valence-corrected chi connectivity index (χ3v) is 2.63. The van der Waals surface area contributed by atoms with Gasteiger partial charge in [0.15, 0.2) is 0 Å². The van der Waals surface area contributed by atoms with E-state index in [1.165, 1.54) is 0 Å². The van der Waals surface area contributed by atoms with E-state index >= 15 is 0 Å². The Morgan fingerprint density at radius 3 is 2.38 bits per heavy atom. The van der Waals surface area contributed by atoms with Gasteiger partial charge in [-0.05, 0) is 16.3 Å². The predicted molar refractivity (Wildman–Crippen MR) is 57.4 cm³/mol. The Morgan fingerprint density at radius 1 is 1.12 bits per heavy atom. The van der Waals surface area contributed by atoms with Crippen LogP contribution in [0.5, 0.6) is 0 Å². The first-order valence-electron chi connectivity index (χ1n) is 4.88. The second kappa shape index (κ2) is 5.48. The topological polar surface area (TPSA) is 40.1 Å². The summed E-state index contributed by atoms with van der Waals surface area (Å²) in [5.74, 6) is -1.60. The zero-order valence-corrected chi connectivity index (χ0v) is 11.4. The van der Waals surface area contributed by atoms with Crippen LogP contribution in [0, 0.1) is 0 Å². The van der Waals surface area contributed by atoms with Crippen LogP contribution in [0.2, 0.25) is 0 Å². The summed E-state index contributed by atoms with van der Waals surface area (Å²) >= 11 is 0. The van der Waals surface area contributed by atoms with E-state index in [1.807, 2.05) is 42.5 Å². The largest absolute Gasteiger partial charge is 1.00 e. The molecule has 2 aromatic carbocycles. The number of hydrogen-bond donors (Lipinski definition) is 0. The number of fused-ring (bicyclic) bond motifs is 1. The molecule has 2 rings (SSSR count). The molecule has 0 aliphatic carbocycles. The van der Waals surface area contributed by atoms with Gasteiger partial charge in [0.05, 0.1) is 0 Å². The van der Waals surface area contributed by atoms with Gasteiger partial charge in [0, 0.05) is 11.9 Å². The van der Waals surface area contributed by atoms with E-state index in [1.54, 1.807) is 6.92 Å². The Morgan fingerprint density at radius 2 is 1.75 bits per heavy atom. The number of carbonyl (C=O) groups excluding carboxylic acids is 1. The molecule has 0 saturated heterocycles.